The molecule has 0 bridgehead atoms. The van der Waals surface area contributed by atoms with E-state index in [0.717, 1.165) is 11.3 Å². The van der Waals surface area contributed by atoms with E-state index < -0.39 is 12.1 Å². The van der Waals surface area contributed by atoms with Crippen LogP contribution in [-0.4, -0.2) is 25.2 Å². The fourth-order valence-electron chi connectivity index (χ4n) is 3.99. The first-order valence-electron chi connectivity index (χ1n) is 12.0. The van der Waals surface area contributed by atoms with Crippen molar-refractivity contribution in [1.82, 2.24) is 4.98 Å². The number of nitrogens with one attached hydrogen (secondary N) is 1. The minimum atomic E-state index is -0.724. The summed E-state index contributed by atoms with van der Waals surface area (Å²) in [5, 5.41) is 13.3. The zero-order chi connectivity index (χ0) is 27.8. The fraction of sp³-hybridized carbons (Fsp3) is 0.167. The number of rotatable bonds is 10. The molecule has 198 valence electrons. The molecule has 0 unspecified atom stereocenters. The van der Waals surface area contributed by atoms with Crippen molar-refractivity contribution in [3.63, 3.8) is 0 Å². The number of benzene rings is 3. The third kappa shape index (κ3) is 6.80. The van der Waals surface area contributed by atoms with Gasteiger partial charge in [0.05, 0.1) is 41.1 Å². The van der Waals surface area contributed by atoms with Crippen LogP contribution < -0.4 is 14.8 Å². The van der Waals surface area contributed by atoms with E-state index in [9.17, 15) is 10.1 Å². The first-order chi connectivity index (χ1) is 18.9. The maximum atomic E-state index is 13.2. The molecule has 0 amide bonds. The summed E-state index contributed by atoms with van der Waals surface area (Å²) in [5.41, 5.74) is 3.92. The average molecular weight is 562 g/mol. The molecule has 0 fully saturated rings. The Hall–Kier alpha value is -4.25. The van der Waals surface area contributed by atoms with Gasteiger partial charge in [-0.05, 0) is 53.1 Å². The molecular formula is C30H25Cl2N3O4. The number of nitriles is 1. The van der Waals surface area contributed by atoms with Crippen molar-refractivity contribution in [2.24, 2.45) is 0 Å². The lowest BCUT2D eigenvalue weighted by atomic mass is 10.0. The third-order valence-corrected chi connectivity index (χ3v) is 6.74. The summed E-state index contributed by atoms with van der Waals surface area (Å²) in [4.78, 5) is 17.2. The van der Waals surface area contributed by atoms with Crippen molar-refractivity contribution in [2.45, 2.75) is 19.1 Å². The predicted molar refractivity (Wildman–Crippen MR) is 151 cm³/mol. The maximum absolute atomic E-state index is 13.2. The summed E-state index contributed by atoms with van der Waals surface area (Å²) in [5.74, 6) is 0.538. The number of esters is 1. The maximum Gasteiger partial charge on any atom is 0.338 e. The van der Waals surface area contributed by atoms with E-state index in [2.05, 4.69) is 16.4 Å². The van der Waals surface area contributed by atoms with Gasteiger partial charge in [-0.2, -0.15) is 5.26 Å². The lowest BCUT2D eigenvalue weighted by Gasteiger charge is -2.21. The summed E-state index contributed by atoms with van der Waals surface area (Å²) < 4.78 is 16.8. The largest absolute Gasteiger partial charge is 0.493 e. The van der Waals surface area contributed by atoms with E-state index in [0.29, 0.717) is 50.3 Å². The van der Waals surface area contributed by atoms with Crippen molar-refractivity contribution < 1.29 is 19.0 Å². The summed E-state index contributed by atoms with van der Waals surface area (Å²) in [6, 6.07) is 21.8. The highest BCUT2D eigenvalue weighted by Crippen LogP contribution is 2.35. The van der Waals surface area contributed by atoms with Crippen LogP contribution in [0.15, 0.2) is 79.1 Å². The van der Waals surface area contributed by atoms with Crippen LogP contribution in [0, 0.1) is 11.3 Å². The second-order valence-corrected chi connectivity index (χ2v) is 9.32. The smallest absolute Gasteiger partial charge is 0.338 e. The van der Waals surface area contributed by atoms with Crippen LogP contribution in [0.2, 0.25) is 10.0 Å². The Morgan fingerprint density at radius 2 is 1.67 bits per heavy atom. The summed E-state index contributed by atoms with van der Waals surface area (Å²) in [7, 11) is 3.08. The Kier molecular flexibility index (Phi) is 9.27. The molecule has 1 heterocycles. The monoisotopic (exact) mass is 561 g/mol. The van der Waals surface area contributed by atoms with Crippen molar-refractivity contribution in [3.05, 3.63) is 117 Å². The topological polar surface area (TPSA) is 93.5 Å². The summed E-state index contributed by atoms with van der Waals surface area (Å²) >= 11 is 12.8. The zero-order valence-electron chi connectivity index (χ0n) is 21.3. The first kappa shape index (κ1) is 27.8. The molecule has 0 aliphatic carbocycles. The van der Waals surface area contributed by atoms with Crippen LogP contribution in [0.5, 0.6) is 11.5 Å². The van der Waals surface area contributed by atoms with E-state index in [1.807, 2.05) is 30.3 Å². The van der Waals surface area contributed by atoms with Gasteiger partial charge in [-0.25, -0.2) is 4.79 Å². The minimum Gasteiger partial charge on any atom is -0.493 e. The molecule has 1 atom stereocenters. The Balaban J connectivity index is 1.54. The molecule has 3 aromatic carbocycles. The highest BCUT2D eigenvalue weighted by Gasteiger charge is 2.23. The molecule has 0 aliphatic rings. The van der Waals surface area contributed by atoms with E-state index in [4.69, 9.17) is 37.4 Å². The SMILES string of the molecule is COc1ccc([C@H](Cc2c(Cl)cncc2Cl)OC(=O)c2ccc(CNc3ccccc3C#N)cc2)cc1OC. The number of halogens is 2. The van der Waals surface area contributed by atoms with Crippen molar-refractivity contribution in [1.29, 1.82) is 5.26 Å². The lowest BCUT2D eigenvalue weighted by Crippen LogP contribution is -2.15. The molecule has 4 aromatic rings. The number of pyridine rings is 1. The Labute approximate surface area is 236 Å². The highest BCUT2D eigenvalue weighted by atomic mass is 35.5. The highest BCUT2D eigenvalue weighted by molar-refractivity contribution is 6.35. The van der Waals surface area contributed by atoms with E-state index in [-0.39, 0.29) is 6.42 Å². The molecule has 0 saturated heterocycles. The first-order valence-corrected chi connectivity index (χ1v) is 12.7. The molecule has 0 saturated carbocycles. The fourth-order valence-corrected chi connectivity index (χ4v) is 4.51. The number of anilines is 1. The third-order valence-electron chi connectivity index (χ3n) is 6.09. The quantitative estimate of drug-likeness (QED) is 0.208. The van der Waals surface area contributed by atoms with Gasteiger partial charge < -0.3 is 19.5 Å². The van der Waals surface area contributed by atoms with Crippen molar-refractivity contribution >= 4 is 34.9 Å². The number of carbonyl (C=O) groups is 1. The molecular weight excluding hydrogens is 537 g/mol. The number of aromatic nitrogens is 1. The van der Waals surface area contributed by atoms with Gasteiger partial charge in [0.15, 0.2) is 11.5 Å². The van der Waals surface area contributed by atoms with Crippen molar-refractivity contribution in [3.8, 4) is 17.6 Å². The molecule has 0 spiro atoms. The van der Waals surface area contributed by atoms with Gasteiger partial charge in [-0.15, -0.1) is 0 Å². The normalized spacial score (nSPS) is 11.3. The molecule has 0 aliphatic heterocycles. The van der Waals surface area contributed by atoms with Crippen LogP contribution in [0.25, 0.3) is 0 Å². The Bertz CT molecular complexity index is 1480. The standard InChI is InChI=1S/C30H25Cl2N3O4/c1-37-27-12-11-21(13-29(27)38-2)28(14-23-24(31)17-34-18-25(23)32)39-30(36)20-9-7-19(8-10-20)16-35-26-6-4-3-5-22(26)15-33/h3-13,17-18,28,35H,14,16H2,1-2H3/t28-/m0/s1. The summed E-state index contributed by atoms with van der Waals surface area (Å²) in [6.45, 7) is 0.487. The molecule has 1 aromatic heterocycles. The Morgan fingerprint density at radius 1 is 0.974 bits per heavy atom. The van der Waals surface area contributed by atoms with Gasteiger partial charge in [-0.3, -0.25) is 4.98 Å². The molecule has 9 heteroatoms. The molecule has 1 N–H and O–H groups in total. The van der Waals surface area contributed by atoms with Crippen LogP contribution in [0.3, 0.4) is 0 Å². The van der Waals surface area contributed by atoms with Crippen LogP contribution in [0.1, 0.15) is 38.7 Å². The minimum absolute atomic E-state index is 0.224. The second-order valence-electron chi connectivity index (χ2n) is 8.50. The number of hydrogen-bond acceptors (Lipinski definition) is 7. The number of carbonyl (C=O) groups excluding carboxylic acids is 1. The number of ether oxygens (including phenoxy) is 3. The number of hydrogen-bond donors (Lipinski definition) is 1. The van der Waals surface area contributed by atoms with E-state index in [1.165, 1.54) is 19.5 Å². The van der Waals surface area contributed by atoms with E-state index >= 15 is 0 Å². The molecule has 0 radical (unpaired) electrons. The van der Waals surface area contributed by atoms with Crippen LogP contribution >= 0.6 is 23.2 Å². The van der Waals surface area contributed by atoms with Gasteiger partial charge in [0.25, 0.3) is 0 Å². The summed E-state index contributed by atoms with van der Waals surface area (Å²) in [6.07, 6.45) is 2.50. The van der Waals surface area contributed by atoms with Crippen LogP contribution in [-0.2, 0) is 17.7 Å². The number of para-hydroxylation sites is 1. The molecule has 39 heavy (non-hydrogen) atoms. The van der Waals surface area contributed by atoms with E-state index in [1.54, 1.807) is 43.5 Å². The number of nitrogens with zero attached hydrogens (tertiary/aromatic N) is 2. The van der Waals surface area contributed by atoms with Gasteiger partial charge in [0.1, 0.15) is 12.2 Å². The van der Waals surface area contributed by atoms with Gasteiger partial charge in [0.2, 0.25) is 0 Å². The Morgan fingerprint density at radius 3 is 2.33 bits per heavy atom. The van der Waals surface area contributed by atoms with Gasteiger partial charge in [-0.1, -0.05) is 53.5 Å². The predicted octanol–water partition coefficient (Wildman–Crippen LogP) is 7.03. The molecule has 7 nitrogen and oxygen atoms in total. The zero-order valence-corrected chi connectivity index (χ0v) is 22.8. The van der Waals surface area contributed by atoms with Gasteiger partial charge in [0, 0.05) is 25.4 Å². The average Bonchev–Trinajstić information content (AvgIpc) is 2.97. The lowest BCUT2D eigenvalue weighted by molar-refractivity contribution is 0.0297. The second kappa shape index (κ2) is 13.0. The van der Waals surface area contributed by atoms with Crippen LogP contribution in [0.4, 0.5) is 5.69 Å². The van der Waals surface area contributed by atoms with Crippen molar-refractivity contribution in [2.75, 3.05) is 19.5 Å². The number of methoxy groups -OCH3 is 2. The molecule has 4 rings (SSSR count). The van der Waals surface area contributed by atoms with Gasteiger partial charge >= 0.3 is 5.97 Å².